The lowest BCUT2D eigenvalue weighted by atomic mass is 10.4. The fraction of sp³-hybridized carbons (Fsp3) is 0.0909. The van der Waals surface area contributed by atoms with Crippen molar-refractivity contribution in [1.82, 2.24) is 9.97 Å². The van der Waals surface area contributed by atoms with Gasteiger partial charge >= 0.3 is 0 Å². The Morgan fingerprint density at radius 2 is 1.69 bits per heavy atom. The van der Waals surface area contributed by atoms with Crippen molar-refractivity contribution in [3.8, 4) is 0 Å². The maximum atomic E-state index is 4.18. The van der Waals surface area contributed by atoms with Gasteiger partial charge in [0.05, 0.1) is 16.4 Å². The largest absolute Gasteiger partial charge is 0.256 e. The van der Waals surface area contributed by atoms with E-state index in [9.17, 15) is 0 Å². The van der Waals surface area contributed by atoms with E-state index in [4.69, 9.17) is 0 Å². The van der Waals surface area contributed by atoms with Crippen LogP contribution in [0, 0.1) is 6.92 Å². The van der Waals surface area contributed by atoms with Crippen LogP contribution in [0.4, 0.5) is 0 Å². The quantitative estimate of drug-likeness (QED) is 0.576. The summed E-state index contributed by atoms with van der Waals surface area (Å²) in [5.41, 5.74) is 0.825. The van der Waals surface area contributed by atoms with Gasteiger partial charge < -0.3 is 0 Å². The summed E-state index contributed by atoms with van der Waals surface area (Å²) in [5, 5.41) is 1.44. The van der Waals surface area contributed by atoms with Crippen molar-refractivity contribution in [1.29, 1.82) is 0 Å². The van der Waals surface area contributed by atoms with Crippen LogP contribution >= 0.6 is 0 Å². The molecular formula is C11H12N2. The average Bonchev–Trinajstić information content (AvgIpc) is 2.08. The van der Waals surface area contributed by atoms with Gasteiger partial charge in [0.1, 0.15) is 0 Å². The minimum absolute atomic E-state index is 0.715. The van der Waals surface area contributed by atoms with Crippen LogP contribution in [0.3, 0.4) is 0 Å². The average molecular weight is 172 g/mol. The first-order valence-corrected chi connectivity index (χ1v) is 4.00. The zero-order valence-corrected chi connectivity index (χ0v) is 7.70. The van der Waals surface area contributed by atoms with Crippen LogP contribution in [0.25, 0.3) is 13.2 Å². The number of aryl methyl sites for hydroxylation is 1. The van der Waals surface area contributed by atoms with Crippen LogP contribution in [0.5, 0.6) is 0 Å². The Morgan fingerprint density at radius 3 is 2.38 bits per heavy atom. The summed E-state index contributed by atoms with van der Waals surface area (Å²) in [7, 11) is 0. The van der Waals surface area contributed by atoms with Gasteiger partial charge in [0.15, 0.2) is 0 Å². The SMILES string of the molecule is C=c1ccccc(=C)nc(C)cn1. The van der Waals surface area contributed by atoms with Crippen LogP contribution in [0.15, 0.2) is 30.5 Å². The predicted molar refractivity (Wildman–Crippen MR) is 54.7 cm³/mol. The minimum atomic E-state index is 0.715. The first-order valence-electron chi connectivity index (χ1n) is 4.00. The van der Waals surface area contributed by atoms with E-state index >= 15 is 0 Å². The minimum Gasteiger partial charge on any atom is -0.256 e. The van der Waals surface area contributed by atoms with E-state index in [0.29, 0.717) is 5.35 Å². The van der Waals surface area contributed by atoms with Crippen LogP contribution in [0.2, 0.25) is 0 Å². The van der Waals surface area contributed by atoms with Crippen LogP contribution in [-0.2, 0) is 0 Å². The van der Waals surface area contributed by atoms with Gasteiger partial charge in [0.2, 0.25) is 0 Å². The molecule has 66 valence electrons. The maximum Gasteiger partial charge on any atom is 0.0562 e. The Kier molecular flexibility index (Phi) is 3.15. The first-order chi connectivity index (χ1) is 6.18. The molecule has 2 heteroatoms. The van der Waals surface area contributed by atoms with Gasteiger partial charge in [-0.25, -0.2) is 0 Å². The highest BCUT2D eigenvalue weighted by atomic mass is 14.7. The number of rotatable bonds is 0. The van der Waals surface area contributed by atoms with Crippen LogP contribution in [-0.4, -0.2) is 9.97 Å². The summed E-state index contributed by atoms with van der Waals surface area (Å²) in [4.78, 5) is 8.27. The highest BCUT2D eigenvalue weighted by Gasteiger charge is 1.76. The van der Waals surface area contributed by atoms with E-state index in [-0.39, 0.29) is 0 Å². The first kappa shape index (κ1) is 9.39. The third-order valence-corrected chi connectivity index (χ3v) is 1.43. The summed E-state index contributed by atoms with van der Waals surface area (Å²) in [6.45, 7) is 9.39. The van der Waals surface area contributed by atoms with Gasteiger partial charge in [0, 0.05) is 6.20 Å². The fourth-order valence-electron chi connectivity index (χ4n) is 0.845. The molecular weight excluding hydrogens is 160 g/mol. The molecule has 0 bridgehead atoms. The van der Waals surface area contributed by atoms with E-state index in [1.54, 1.807) is 6.20 Å². The smallest absolute Gasteiger partial charge is 0.0562 e. The molecule has 0 aromatic carbocycles. The van der Waals surface area contributed by atoms with Crippen molar-refractivity contribution in [2.24, 2.45) is 0 Å². The maximum absolute atomic E-state index is 4.18. The Morgan fingerprint density at radius 1 is 1.08 bits per heavy atom. The molecule has 1 aromatic rings. The molecule has 0 radical (unpaired) electrons. The third-order valence-electron chi connectivity index (χ3n) is 1.43. The fourth-order valence-corrected chi connectivity index (χ4v) is 0.845. The van der Waals surface area contributed by atoms with E-state index in [1.807, 2.05) is 31.2 Å². The van der Waals surface area contributed by atoms with E-state index in [2.05, 4.69) is 23.1 Å². The molecule has 0 N–H and O–H groups in total. The lowest BCUT2D eigenvalue weighted by Crippen LogP contribution is -2.03. The van der Waals surface area contributed by atoms with Crippen molar-refractivity contribution in [3.05, 3.63) is 46.9 Å². The number of nitrogens with zero attached hydrogens (tertiary/aromatic N) is 2. The van der Waals surface area contributed by atoms with E-state index in [1.165, 1.54) is 0 Å². The van der Waals surface area contributed by atoms with E-state index in [0.717, 1.165) is 11.0 Å². The predicted octanol–water partition coefficient (Wildman–Crippen LogP) is 0.730. The standard InChI is InChI=1S/C11H12N2/c1-9-6-4-5-7-10(2)13-11(3)8-12-9/h4-8H,1-2H2,3H3. The molecule has 0 aliphatic heterocycles. The molecule has 2 nitrogen and oxygen atoms in total. The molecule has 0 spiro atoms. The zero-order chi connectivity index (χ0) is 9.68. The van der Waals surface area contributed by atoms with Gasteiger partial charge in [0.25, 0.3) is 0 Å². The van der Waals surface area contributed by atoms with Crippen molar-refractivity contribution < 1.29 is 0 Å². The molecule has 1 heterocycles. The second-order valence-electron chi connectivity index (χ2n) is 2.71. The van der Waals surface area contributed by atoms with Crippen LogP contribution in [0.1, 0.15) is 5.69 Å². The Bertz CT molecular complexity index is 436. The lowest BCUT2D eigenvalue weighted by molar-refractivity contribution is 1.12. The van der Waals surface area contributed by atoms with Gasteiger partial charge in [-0.2, -0.15) is 0 Å². The van der Waals surface area contributed by atoms with E-state index < -0.39 is 0 Å². The summed E-state index contributed by atoms with van der Waals surface area (Å²) in [5.74, 6) is 0. The highest BCUT2D eigenvalue weighted by molar-refractivity contribution is 5.03. The third kappa shape index (κ3) is 3.47. The Labute approximate surface area is 77.6 Å². The van der Waals surface area contributed by atoms with Crippen molar-refractivity contribution in [3.63, 3.8) is 0 Å². The second kappa shape index (κ2) is 4.36. The molecule has 0 amide bonds. The molecule has 1 aromatic heterocycles. The van der Waals surface area contributed by atoms with Gasteiger partial charge in [-0.05, 0) is 19.1 Å². The molecule has 0 aliphatic rings. The molecule has 13 heavy (non-hydrogen) atoms. The number of hydrogen-bond acceptors (Lipinski definition) is 2. The molecule has 1 rings (SSSR count). The van der Waals surface area contributed by atoms with Gasteiger partial charge in [-0.3, -0.25) is 9.97 Å². The summed E-state index contributed by atoms with van der Waals surface area (Å²) in [6.07, 6.45) is 1.68. The summed E-state index contributed by atoms with van der Waals surface area (Å²) >= 11 is 0. The Hall–Kier alpha value is -1.70. The molecule has 0 unspecified atom stereocenters. The molecule has 0 atom stereocenters. The van der Waals surface area contributed by atoms with Crippen molar-refractivity contribution >= 4 is 13.2 Å². The van der Waals surface area contributed by atoms with Gasteiger partial charge in [-0.1, -0.05) is 25.3 Å². The lowest BCUT2D eigenvalue weighted by Gasteiger charge is -1.83. The monoisotopic (exact) mass is 172 g/mol. The number of aromatic nitrogens is 2. The van der Waals surface area contributed by atoms with Crippen LogP contribution < -0.4 is 10.7 Å². The molecule has 0 fully saturated rings. The van der Waals surface area contributed by atoms with Crippen molar-refractivity contribution in [2.45, 2.75) is 6.92 Å². The highest BCUT2D eigenvalue weighted by Crippen LogP contribution is 1.75. The molecule has 0 saturated carbocycles. The Balaban J connectivity index is 3.49. The molecule has 0 saturated heterocycles. The molecule has 0 aliphatic carbocycles. The van der Waals surface area contributed by atoms with Crippen molar-refractivity contribution in [2.75, 3.05) is 0 Å². The number of hydrogen-bond donors (Lipinski definition) is 0. The van der Waals surface area contributed by atoms with Gasteiger partial charge in [-0.15, -0.1) is 0 Å². The summed E-state index contributed by atoms with van der Waals surface area (Å²) < 4.78 is 0. The normalized spacial score (nSPS) is 9.00. The summed E-state index contributed by atoms with van der Waals surface area (Å²) in [6, 6.07) is 7.40. The second-order valence-corrected chi connectivity index (χ2v) is 2.71. The zero-order valence-electron chi connectivity index (χ0n) is 7.70. The topological polar surface area (TPSA) is 25.8 Å².